The molecule has 7 heteroatoms. The summed E-state index contributed by atoms with van der Waals surface area (Å²) in [4.78, 5) is 38.1. The fraction of sp³-hybridized carbons (Fsp3) is 0.478. The van der Waals surface area contributed by atoms with E-state index < -0.39 is 0 Å². The predicted octanol–water partition coefficient (Wildman–Crippen LogP) is 3.00. The molecule has 2 aliphatic heterocycles. The molecular formula is C23H28N4O3. The summed E-state index contributed by atoms with van der Waals surface area (Å²) in [7, 11) is 3.41. The molecule has 3 heterocycles. The van der Waals surface area contributed by atoms with Gasteiger partial charge in [0.25, 0.3) is 0 Å². The highest BCUT2D eigenvalue weighted by Crippen LogP contribution is 2.34. The van der Waals surface area contributed by atoms with Crippen LogP contribution in [0.4, 0.5) is 5.82 Å². The summed E-state index contributed by atoms with van der Waals surface area (Å²) < 4.78 is 5.19. The number of carbonyl (C=O) groups is 2. The van der Waals surface area contributed by atoms with Crippen LogP contribution in [0.25, 0.3) is 0 Å². The second-order valence-corrected chi connectivity index (χ2v) is 8.02. The van der Waals surface area contributed by atoms with Crippen molar-refractivity contribution in [3.8, 4) is 5.75 Å². The van der Waals surface area contributed by atoms with E-state index in [-0.39, 0.29) is 17.9 Å². The molecule has 1 fully saturated rings. The molecule has 1 atom stereocenters. The summed E-state index contributed by atoms with van der Waals surface area (Å²) in [5.74, 6) is 2.37. The molecule has 1 aromatic carbocycles. The molecule has 0 bridgehead atoms. The lowest BCUT2D eigenvalue weighted by atomic mass is 10.0. The number of methoxy groups -OCH3 is 1. The molecule has 0 spiro atoms. The van der Waals surface area contributed by atoms with E-state index in [1.54, 1.807) is 19.1 Å². The Morgan fingerprint density at radius 2 is 1.97 bits per heavy atom. The van der Waals surface area contributed by atoms with Gasteiger partial charge in [0.05, 0.1) is 13.2 Å². The summed E-state index contributed by atoms with van der Waals surface area (Å²) in [5, 5.41) is 0. The number of hydrogen-bond donors (Lipinski definition) is 0. The Labute approximate surface area is 177 Å². The van der Waals surface area contributed by atoms with Crippen LogP contribution < -0.4 is 9.64 Å². The molecule has 2 aromatic rings. The maximum absolute atomic E-state index is 13.0. The second kappa shape index (κ2) is 8.42. The number of fused-ring (bicyclic) bond motifs is 1. The minimum atomic E-state index is -0.122. The highest BCUT2D eigenvalue weighted by Gasteiger charge is 2.34. The number of anilines is 1. The number of hydrogen-bond acceptors (Lipinski definition) is 5. The monoisotopic (exact) mass is 408 g/mol. The van der Waals surface area contributed by atoms with Gasteiger partial charge in [0, 0.05) is 37.7 Å². The first-order chi connectivity index (χ1) is 14.5. The summed E-state index contributed by atoms with van der Waals surface area (Å²) in [6.07, 6.45) is 4.10. The third kappa shape index (κ3) is 3.88. The highest BCUT2D eigenvalue weighted by atomic mass is 16.5. The van der Waals surface area contributed by atoms with E-state index >= 15 is 0 Å². The van der Waals surface area contributed by atoms with E-state index in [2.05, 4.69) is 0 Å². The Balaban J connectivity index is 1.50. The van der Waals surface area contributed by atoms with Crippen LogP contribution in [0.1, 0.15) is 54.4 Å². The molecule has 1 aromatic heterocycles. The Kier molecular flexibility index (Phi) is 5.70. The van der Waals surface area contributed by atoms with E-state index in [0.29, 0.717) is 37.3 Å². The Bertz CT molecular complexity index is 958. The fourth-order valence-corrected chi connectivity index (χ4v) is 4.36. The molecule has 0 aliphatic carbocycles. The Hall–Kier alpha value is -2.96. The number of aryl methyl sites for hydroxylation is 2. The minimum Gasteiger partial charge on any atom is -0.497 e. The van der Waals surface area contributed by atoms with Crippen molar-refractivity contribution in [2.75, 3.05) is 25.6 Å². The van der Waals surface area contributed by atoms with E-state index in [1.165, 1.54) is 0 Å². The zero-order valence-corrected chi connectivity index (χ0v) is 17.9. The number of nitrogens with zero attached hydrogens (tertiary/aromatic N) is 4. The summed E-state index contributed by atoms with van der Waals surface area (Å²) in [6.45, 7) is 2.69. The maximum atomic E-state index is 13.0. The van der Waals surface area contributed by atoms with E-state index in [0.717, 1.165) is 42.0 Å². The average molecular weight is 409 g/mol. The van der Waals surface area contributed by atoms with Crippen LogP contribution in [0.3, 0.4) is 0 Å². The van der Waals surface area contributed by atoms with Gasteiger partial charge in [-0.1, -0.05) is 12.1 Å². The standard InChI is InChI=1S/C23H28N4O3/c1-15-18-11-13-20(28)26(2)23(18)25-22(24-15)19-5-4-14-27(19)21(29)12-8-16-6-9-17(30-3)10-7-16/h6-7,9-10,19H,4-5,8,11-14H2,1-3H3. The topological polar surface area (TPSA) is 75.6 Å². The lowest BCUT2D eigenvalue weighted by molar-refractivity contribution is -0.132. The van der Waals surface area contributed by atoms with Crippen LogP contribution in [0, 0.1) is 6.92 Å². The number of likely N-dealkylation sites (tertiary alicyclic amines) is 1. The largest absolute Gasteiger partial charge is 0.497 e. The van der Waals surface area contributed by atoms with Gasteiger partial charge in [-0.05, 0) is 50.3 Å². The van der Waals surface area contributed by atoms with Crippen molar-refractivity contribution < 1.29 is 14.3 Å². The predicted molar refractivity (Wildman–Crippen MR) is 114 cm³/mol. The van der Waals surface area contributed by atoms with E-state index in [4.69, 9.17) is 14.7 Å². The van der Waals surface area contributed by atoms with Crippen molar-refractivity contribution in [1.82, 2.24) is 14.9 Å². The van der Waals surface area contributed by atoms with E-state index in [9.17, 15) is 9.59 Å². The normalized spacial score (nSPS) is 18.5. The molecule has 2 amide bonds. The van der Waals surface area contributed by atoms with Crippen LogP contribution in [-0.2, 0) is 22.4 Å². The molecule has 4 rings (SSSR count). The van der Waals surface area contributed by atoms with Gasteiger partial charge < -0.3 is 9.64 Å². The Morgan fingerprint density at radius 1 is 1.20 bits per heavy atom. The number of ether oxygens (including phenoxy) is 1. The van der Waals surface area contributed by atoms with Crippen LogP contribution in [0.2, 0.25) is 0 Å². The zero-order valence-electron chi connectivity index (χ0n) is 17.9. The first kappa shape index (κ1) is 20.3. The average Bonchev–Trinajstić information content (AvgIpc) is 3.25. The molecule has 30 heavy (non-hydrogen) atoms. The van der Waals surface area contributed by atoms with Crippen molar-refractivity contribution in [1.29, 1.82) is 0 Å². The van der Waals surface area contributed by atoms with Crippen LogP contribution in [0.5, 0.6) is 5.75 Å². The van der Waals surface area contributed by atoms with Crippen LogP contribution >= 0.6 is 0 Å². The van der Waals surface area contributed by atoms with Crippen molar-refractivity contribution in [3.05, 3.63) is 46.9 Å². The number of benzene rings is 1. The van der Waals surface area contributed by atoms with Crippen molar-refractivity contribution in [3.63, 3.8) is 0 Å². The lowest BCUT2D eigenvalue weighted by Gasteiger charge is -2.29. The minimum absolute atomic E-state index is 0.0744. The van der Waals surface area contributed by atoms with Gasteiger partial charge in [-0.25, -0.2) is 9.97 Å². The molecule has 7 nitrogen and oxygen atoms in total. The molecule has 0 N–H and O–H groups in total. The van der Waals surface area contributed by atoms with Crippen molar-refractivity contribution >= 4 is 17.6 Å². The van der Waals surface area contributed by atoms with Gasteiger partial charge in [0.2, 0.25) is 11.8 Å². The summed E-state index contributed by atoms with van der Waals surface area (Å²) in [5.41, 5.74) is 3.06. The zero-order chi connectivity index (χ0) is 21.3. The van der Waals surface area contributed by atoms with E-state index in [1.807, 2.05) is 36.1 Å². The molecule has 1 unspecified atom stereocenters. The van der Waals surface area contributed by atoms with Gasteiger partial charge in [-0.3, -0.25) is 14.5 Å². The fourth-order valence-electron chi connectivity index (χ4n) is 4.36. The molecule has 158 valence electrons. The van der Waals surface area contributed by atoms with Crippen LogP contribution in [-0.4, -0.2) is 47.4 Å². The van der Waals surface area contributed by atoms with Gasteiger partial charge in [-0.2, -0.15) is 0 Å². The molecule has 1 saturated heterocycles. The number of amides is 2. The number of carbonyl (C=O) groups excluding carboxylic acids is 2. The highest BCUT2D eigenvalue weighted by molar-refractivity contribution is 5.94. The van der Waals surface area contributed by atoms with Crippen molar-refractivity contribution in [2.24, 2.45) is 0 Å². The molecule has 0 saturated carbocycles. The van der Waals surface area contributed by atoms with Gasteiger partial charge in [0.1, 0.15) is 11.6 Å². The van der Waals surface area contributed by atoms with Gasteiger partial charge in [-0.15, -0.1) is 0 Å². The van der Waals surface area contributed by atoms with Crippen molar-refractivity contribution in [2.45, 2.75) is 51.5 Å². The number of rotatable bonds is 5. The molecule has 2 aliphatic rings. The molecular weight excluding hydrogens is 380 g/mol. The summed E-state index contributed by atoms with van der Waals surface area (Å²) >= 11 is 0. The Morgan fingerprint density at radius 3 is 2.70 bits per heavy atom. The quantitative estimate of drug-likeness (QED) is 0.760. The first-order valence-electron chi connectivity index (χ1n) is 10.5. The SMILES string of the molecule is COc1ccc(CCC(=O)N2CCCC2c2nc(C)c3c(n2)N(C)C(=O)CC3)cc1. The number of aromatic nitrogens is 2. The maximum Gasteiger partial charge on any atom is 0.228 e. The first-order valence-corrected chi connectivity index (χ1v) is 10.5. The second-order valence-electron chi connectivity index (χ2n) is 8.02. The lowest BCUT2D eigenvalue weighted by Crippen LogP contribution is -2.35. The van der Waals surface area contributed by atoms with Gasteiger partial charge in [0.15, 0.2) is 5.82 Å². The third-order valence-corrected chi connectivity index (χ3v) is 6.15. The van der Waals surface area contributed by atoms with Crippen LogP contribution in [0.15, 0.2) is 24.3 Å². The van der Waals surface area contributed by atoms with Gasteiger partial charge >= 0.3 is 0 Å². The third-order valence-electron chi connectivity index (χ3n) is 6.15. The summed E-state index contributed by atoms with van der Waals surface area (Å²) in [6, 6.07) is 7.70. The smallest absolute Gasteiger partial charge is 0.228 e. The molecule has 0 radical (unpaired) electrons.